The molecule has 1 spiro atoms. The monoisotopic (exact) mass is 940 g/mol. The number of aromatic nitrogens is 1. The van der Waals surface area contributed by atoms with Crippen LogP contribution in [0.5, 0.6) is 0 Å². The highest BCUT2D eigenvalue weighted by Crippen LogP contribution is 2.63. The lowest BCUT2D eigenvalue weighted by atomic mass is 9.70. The van der Waals surface area contributed by atoms with Gasteiger partial charge in [-0.1, -0.05) is 206 Å². The van der Waals surface area contributed by atoms with Gasteiger partial charge in [0.1, 0.15) is 11.2 Å². The van der Waals surface area contributed by atoms with Crippen LogP contribution in [0.1, 0.15) is 22.3 Å². The zero-order valence-corrected chi connectivity index (χ0v) is 40.2. The van der Waals surface area contributed by atoms with Crippen molar-refractivity contribution in [1.82, 2.24) is 4.57 Å². The number of para-hydroxylation sites is 4. The summed E-state index contributed by atoms with van der Waals surface area (Å²) in [5.41, 5.74) is 22.9. The molecule has 3 heteroatoms. The van der Waals surface area contributed by atoms with Crippen LogP contribution in [0.15, 0.2) is 271 Å². The van der Waals surface area contributed by atoms with Crippen molar-refractivity contribution in [2.24, 2.45) is 0 Å². The lowest BCUT2D eigenvalue weighted by Crippen LogP contribution is -2.26. The first-order chi connectivity index (χ1) is 36.7. The third-order valence-electron chi connectivity index (χ3n) is 16.2. The molecule has 0 N–H and O–H groups in total. The fourth-order valence-electron chi connectivity index (χ4n) is 13.1. The summed E-state index contributed by atoms with van der Waals surface area (Å²) in [6.45, 7) is 0. The van der Waals surface area contributed by atoms with Crippen LogP contribution in [-0.2, 0) is 5.41 Å². The third-order valence-corrected chi connectivity index (χ3v) is 16.2. The van der Waals surface area contributed by atoms with Gasteiger partial charge in [-0.15, -0.1) is 0 Å². The second-order valence-electron chi connectivity index (χ2n) is 19.9. The molecule has 0 amide bonds. The van der Waals surface area contributed by atoms with Gasteiger partial charge in [0.25, 0.3) is 0 Å². The van der Waals surface area contributed by atoms with Gasteiger partial charge >= 0.3 is 0 Å². The number of nitrogens with zero attached hydrogens (tertiary/aromatic N) is 2. The number of hydrogen-bond donors (Lipinski definition) is 0. The summed E-state index contributed by atoms with van der Waals surface area (Å²) in [6, 6.07) is 98.3. The molecule has 14 aromatic rings. The van der Waals surface area contributed by atoms with E-state index in [1.807, 2.05) is 0 Å². The molecule has 2 heterocycles. The second-order valence-corrected chi connectivity index (χ2v) is 19.9. The Morgan fingerprint density at radius 3 is 1.54 bits per heavy atom. The molecular formula is C71H44N2O. The van der Waals surface area contributed by atoms with Crippen molar-refractivity contribution in [3.8, 4) is 50.2 Å². The number of rotatable bonds is 6. The average molecular weight is 941 g/mol. The molecule has 0 saturated carbocycles. The second kappa shape index (κ2) is 15.6. The Hall–Kier alpha value is -9.70. The topological polar surface area (TPSA) is 21.3 Å². The van der Waals surface area contributed by atoms with Crippen LogP contribution in [-0.4, -0.2) is 4.57 Å². The van der Waals surface area contributed by atoms with Crippen LogP contribution in [0.2, 0.25) is 0 Å². The molecule has 0 unspecified atom stereocenters. The fourth-order valence-corrected chi connectivity index (χ4v) is 13.1. The molecule has 2 aliphatic rings. The third kappa shape index (κ3) is 5.66. The fraction of sp³-hybridized carbons (Fsp3) is 0.0141. The summed E-state index contributed by atoms with van der Waals surface area (Å²) in [5.74, 6) is 0. The van der Waals surface area contributed by atoms with Crippen molar-refractivity contribution in [1.29, 1.82) is 0 Å². The van der Waals surface area contributed by atoms with E-state index >= 15 is 0 Å². The first kappa shape index (κ1) is 41.0. The van der Waals surface area contributed by atoms with Crippen LogP contribution in [0, 0.1) is 0 Å². The number of hydrogen-bond acceptors (Lipinski definition) is 2. The molecule has 16 rings (SSSR count). The van der Waals surface area contributed by atoms with E-state index in [0.717, 1.165) is 77.7 Å². The zero-order chi connectivity index (χ0) is 48.5. The molecule has 0 fully saturated rings. The zero-order valence-electron chi connectivity index (χ0n) is 40.2. The first-order valence-corrected chi connectivity index (χ1v) is 25.6. The average Bonchev–Trinajstić information content (AvgIpc) is 4.22. The predicted molar refractivity (Wildman–Crippen MR) is 307 cm³/mol. The van der Waals surface area contributed by atoms with Gasteiger partial charge in [0.15, 0.2) is 0 Å². The summed E-state index contributed by atoms with van der Waals surface area (Å²) in [5, 5.41) is 7.02. The maximum atomic E-state index is 7.05. The van der Waals surface area contributed by atoms with E-state index in [4.69, 9.17) is 4.42 Å². The van der Waals surface area contributed by atoms with Gasteiger partial charge in [0.05, 0.1) is 22.1 Å². The van der Waals surface area contributed by atoms with Crippen LogP contribution in [0.4, 0.5) is 17.1 Å². The maximum absolute atomic E-state index is 7.05. The van der Waals surface area contributed by atoms with E-state index in [1.165, 1.54) is 66.3 Å². The first-order valence-electron chi connectivity index (χ1n) is 25.6. The quantitative estimate of drug-likeness (QED) is 0.166. The summed E-state index contributed by atoms with van der Waals surface area (Å²) in [4.78, 5) is 2.47. The summed E-state index contributed by atoms with van der Waals surface area (Å²) in [7, 11) is 0. The lowest BCUT2D eigenvalue weighted by Gasteiger charge is -2.32. The van der Waals surface area contributed by atoms with Crippen molar-refractivity contribution < 1.29 is 4.42 Å². The highest BCUT2D eigenvalue weighted by molar-refractivity contribution is 6.18. The van der Waals surface area contributed by atoms with E-state index in [-0.39, 0.29) is 0 Å². The van der Waals surface area contributed by atoms with Gasteiger partial charge in [-0.2, -0.15) is 0 Å². The molecule has 2 aliphatic carbocycles. The SMILES string of the molecule is c1cc(-c2ccc(N(c3ccc4c(c3)C3(c5ccccc5-c5ccccc53)c3ccccc3-4)c3ccccc3-c3cccc4c3oc3c5ccccc5ccc43)cc2)cc(-n2c3ccccc3c3ccccc32)c1. The molecule has 12 aromatic carbocycles. The highest BCUT2D eigenvalue weighted by Gasteiger charge is 2.51. The van der Waals surface area contributed by atoms with E-state index in [1.54, 1.807) is 0 Å². The van der Waals surface area contributed by atoms with E-state index in [2.05, 4.69) is 276 Å². The molecule has 0 radical (unpaired) electrons. The van der Waals surface area contributed by atoms with Gasteiger partial charge in [0, 0.05) is 55.1 Å². The van der Waals surface area contributed by atoms with Gasteiger partial charge in [-0.3, -0.25) is 0 Å². The number of fused-ring (bicyclic) bond motifs is 18. The van der Waals surface area contributed by atoms with Crippen LogP contribution < -0.4 is 4.90 Å². The molecule has 0 saturated heterocycles. The molecular weight excluding hydrogens is 897 g/mol. The van der Waals surface area contributed by atoms with Crippen molar-refractivity contribution in [3.63, 3.8) is 0 Å². The molecule has 0 bridgehead atoms. The van der Waals surface area contributed by atoms with E-state index in [9.17, 15) is 0 Å². The van der Waals surface area contributed by atoms with Gasteiger partial charge in [0.2, 0.25) is 0 Å². The number of anilines is 3. The Bertz CT molecular complexity index is 4510. The normalized spacial score (nSPS) is 13.0. The molecule has 3 nitrogen and oxygen atoms in total. The Labute approximate surface area is 428 Å². The van der Waals surface area contributed by atoms with Crippen molar-refractivity contribution in [2.45, 2.75) is 5.41 Å². The minimum atomic E-state index is -0.492. The minimum Gasteiger partial charge on any atom is -0.455 e. The molecule has 0 atom stereocenters. The Morgan fingerprint density at radius 2 is 0.838 bits per heavy atom. The van der Waals surface area contributed by atoms with Crippen molar-refractivity contribution in [2.75, 3.05) is 4.90 Å². The molecule has 344 valence electrons. The molecule has 0 aliphatic heterocycles. The Morgan fingerprint density at radius 1 is 0.311 bits per heavy atom. The molecule has 74 heavy (non-hydrogen) atoms. The van der Waals surface area contributed by atoms with Crippen molar-refractivity contribution in [3.05, 3.63) is 289 Å². The number of furan rings is 1. The minimum absolute atomic E-state index is 0.492. The standard InChI is InChI=1S/C71H44N2O/c1-2-20-51-46(17-1)37-41-61-60-28-16-27-59(70(60)74-69(51)61)58-26-8-12-32-66(58)72(48-38-35-45(36-39-48)47-18-15-19-49(43-47)73-67-33-13-6-24-56(67)57-25-7-14-34-68(57)73)50-40-42-55-54-23-5-11-31-64(54)71(65(55)44-50)62-29-9-3-21-52(62)53-22-4-10-30-63(53)71/h1-44H. The Kier molecular flexibility index (Phi) is 8.66. The maximum Gasteiger partial charge on any atom is 0.143 e. The molecule has 2 aromatic heterocycles. The predicted octanol–water partition coefficient (Wildman–Crippen LogP) is 19.0. The number of benzene rings is 12. The summed E-state index contributed by atoms with van der Waals surface area (Å²) in [6.07, 6.45) is 0. The van der Waals surface area contributed by atoms with E-state index in [0.29, 0.717) is 0 Å². The largest absolute Gasteiger partial charge is 0.455 e. The van der Waals surface area contributed by atoms with E-state index < -0.39 is 5.41 Å². The van der Waals surface area contributed by atoms with Gasteiger partial charge in [-0.25, -0.2) is 0 Å². The van der Waals surface area contributed by atoms with Crippen LogP contribution in [0.25, 0.3) is 105 Å². The lowest BCUT2D eigenvalue weighted by molar-refractivity contribution is 0.674. The Balaban J connectivity index is 0.904. The smallest absolute Gasteiger partial charge is 0.143 e. The summed E-state index contributed by atoms with van der Waals surface area (Å²) < 4.78 is 9.45. The van der Waals surface area contributed by atoms with Crippen molar-refractivity contribution >= 4 is 71.6 Å². The van der Waals surface area contributed by atoms with Gasteiger partial charge in [-0.05, 0) is 122 Å². The van der Waals surface area contributed by atoms with Crippen LogP contribution in [0.3, 0.4) is 0 Å². The highest BCUT2D eigenvalue weighted by atomic mass is 16.3. The van der Waals surface area contributed by atoms with Crippen LogP contribution >= 0.6 is 0 Å². The summed E-state index contributed by atoms with van der Waals surface area (Å²) >= 11 is 0. The van der Waals surface area contributed by atoms with Gasteiger partial charge < -0.3 is 13.9 Å².